The Bertz CT molecular complexity index is 895. The Morgan fingerprint density at radius 2 is 1.66 bits per heavy atom. The largest absolute Gasteiger partial charge is 0.619 e. The van der Waals surface area contributed by atoms with E-state index in [1.807, 2.05) is 15.9 Å². The Kier molecular flexibility index (Phi) is 7.37. The van der Waals surface area contributed by atoms with E-state index in [1.54, 1.807) is 12.1 Å². The Labute approximate surface area is 189 Å². The van der Waals surface area contributed by atoms with Crippen molar-refractivity contribution in [2.75, 3.05) is 39.3 Å². The van der Waals surface area contributed by atoms with E-state index < -0.39 is 0 Å². The number of benzene rings is 1. The van der Waals surface area contributed by atoms with Crippen LogP contribution in [-0.4, -0.2) is 65.8 Å². The van der Waals surface area contributed by atoms with Gasteiger partial charge in [-0.15, -0.1) is 0 Å². The molecule has 2 saturated heterocycles. The third-order valence-corrected chi connectivity index (χ3v) is 6.60. The van der Waals surface area contributed by atoms with Crippen molar-refractivity contribution in [2.45, 2.75) is 32.2 Å². The molecule has 4 rings (SSSR count). The molecule has 0 aliphatic carbocycles. The lowest BCUT2D eigenvalue weighted by atomic mass is 9.92. The maximum Gasteiger partial charge on any atom is 0.254 e. The van der Waals surface area contributed by atoms with Gasteiger partial charge in [-0.2, -0.15) is 4.73 Å². The van der Waals surface area contributed by atoms with E-state index in [4.69, 9.17) is 0 Å². The minimum Gasteiger partial charge on any atom is -0.619 e. The first kappa shape index (κ1) is 22.3. The van der Waals surface area contributed by atoms with Crippen LogP contribution in [-0.2, 0) is 11.3 Å². The van der Waals surface area contributed by atoms with Crippen LogP contribution in [0.2, 0.25) is 0 Å². The number of likely N-dealkylation sites (tertiary alicyclic amines) is 1. The molecular weight excluding hydrogens is 404 g/mol. The smallest absolute Gasteiger partial charge is 0.254 e. The molecule has 0 saturated carbocycles. The molecule has 32 heavy (non-hydrogen) atoms. The van der Waals surface area contributed by atoms with Crippen LogP contribution < -0.4 is 4.73 Å². The topological polar surface area (TPSA) is 70.8 Å². The zero-order valence-electron chi connectivity index (χ0n) is 18.6. The number of piperidine rings is 1. The monoisotopic (exact) mass is 436 g/mol. The average Bonchev–Trinajstić information content (AvgIpc) is 2.84. The van der Waals surface area contributed by atoms with Crippen LogP contribution in [0.3, 0.4) is 0 Å². The van der Waals surface area contributed by atoms with Crippen LogP contribution in [0.25, 0.3) is 0 Å². The number of carbonyl (C=O) groups excluding carboxylic acids is 2. The van der Waals surface area contributed by atoms with Gasteiger partial charge in [-0.25, -0.2) is 0 Å². The van der Waals surface area contributed by atoms with Gasteiger partial charge in [-0.3, -0.25) is 14.5 Å². The van der Waals surface area contributed by atoms with Crippen LogP contribution in [0.4, 0.5) is 0 Å². The molecule has 7 heteroatoms. The van der Waals surface area contributed by atoms with E-state index in [-0.39, 0.29) is 11.8 Å². The fourth-order valence-corrected chi connectivity index (χ4v) is 4.71. The summed E-state index contributed by atoms with van der Waals surface area (Å²) in [6, 6.07) is 13.6. The number of aromatic nitrogens is 1. The summed E-state index contributed by atoms with van der Waals surface area (Å²) in [7, 11) is 0. The molecule has 0 bridgehead atoms. The number of rotatable bonds is 6. The maximum absolute atomic E-state index is 12.8. The van der Waals surface area contributed by atoms with Gasteiger partial charge in [-0.05, 0) is 30.7 Å². The molecule has 2 fully saturated rings. The molecule has 0 unspecified atom stereocenters. The van der Waals surface area contributed by atoms with Crippen molar-refractivity contribution < 1.29 is 14.3 Å². The molecule has 1 atom stereocenters. The number of hydrogen-bond donors (Lipinski definition) is 0. The summed E-state index contributed by atoms with van der Waals surface area (Å²) in [5.41, 5.74) is 1.86. The minimum absolute atomic E-state index is 0.0313. The van der Waals surface area contributed by atoms with Crippen LogP contribution in [0.1, 0.15) is 41.6 Å². The molecule has 1 aromatic heterocycles. The number of piperazine rings is 1. The molecule has 2 aromatic rings. The standard InChI is InChI=1S/C25H32N4O3/c30-24(27-17-15-26(16-18-27)19-21-5-2-1-3-6-21)9-8-22-7-4-12-28(20-22)25(31)23-10-13-29(32)14-11-23/h1-3,5-6,10-11,13-14,22H,4,7-9,12,15-20H2/t22-/m1/s1. The van der Waals surface area contributed by atoms with Crippen molar-refractivity contribution in [1.82, 2.24) is 14.7 Å². The summed E-state index contributed by atoms with van der Waals surface area (Å²) in [6.45, 7) is 5.75. The Balaban J connectivity index is 1.20. The van der Waals surface area contributed by atoms with Crippen LogP contribution in [0, 0.1) is 11.1 Å². The highest BCUT2D eigenvalue weighted by Crippen LogP contribution is 2.23. The van der Waals surface area contributed by atoms with Crippen LogP contribution >= 0.6 is 0 Å². The van der Waals surface area contributed by atoms with Crippen molar-refractivity contribution in [3.63, 3.8) is 0 Å². The van der Waals surface area contributed by atoms with Crippen molar-refractivity contribution >= 4 is 11.8 Å². The Morgan fingerprint density at radius 3 is 2.38 bits per heavy atom. The third-order valence-electron chi connectivity index (χ3n) is 6.60. The first-order valence-corrected chi connectivity index (χ1v) is 11.6. The molecule has 0 radical (unpaired) electrons. The van der Waals surface area contributed by atoms with Crippen molar-refractivity contribution in [1.29, 1.82) is 0 Å². The number of amides is 2. The van der Waals surface area contributed by atoms with Crippen molar-refractivity contribution in [3.05, 3.63) is 71.2 Å². The summed E-state index contributed by atoms with van der Waals surface area (Å²) >= 11 is 0. The minimum atomic E-state index is -0.0313. The van der Waals surface area contributed by atoms with Gasteiger partial charge in [0.15, 0.2) is 12.4 Å². The lowest BCUT2D eigenvalue weighted by Crippen LogP contribution is -2.48. The summed E-state index contributed by atoms with van der Waals surface area (Å²) in [4.78, 5) is 31.8. The number of hydrogen-bond acceptors (Lipinski definition) is 4. The van der Waals surface area contributed by atoms with E-state index in [1.165, 1.54) is 18.0 Å². The molecule has 0 spiro atoms. The molecule has 2 aliphatic rings. The van der Waals surface area contributed by atoms with E-state index >= 15 is 0 Å². The van der Waals surface area contributed by atoms with E-state index in [9.17, 15) is 14.8 Å². The highest BCUT2D eigenvalue weighted by atomic mass is 16.5. The third kappa shape index (κ3) is 5.85. The van der Waals surface area contributed by atoms with Gasteiger partial charge in [-0.1, -0.05) is 30.3 Å². The Hall–Kier alpha value is -2.93. The second-order valence-corrected chi connectivity index (χ2v) is 8.89. The number of carbonyl (C=O) groups is 2. The van der Waals surface area contributed by atoms with Crippen LogP contribution in [0.5, 0.6) is 0 Å². The summed E-state index contributed by atoms with van der Waals surface area (Å²) in [6.07, 6.45) is 6.09. The Morgan fingerprint density at radius 1 is 0.938 bits per heavy atom. The van der Waals surface area contributed by atoms with Gasteiger partial charge >= 0.3 is 0 Å². The second-order valence-electron chi connectivity index (χ2n) is 8.89. The highest BCUT2D eigenvalue weighted by molar-refractivity contribution is 5.94. The quantitative estimate of drug-likeness (QED) is 0.515. The molecule has 170 valence electrons. The molecule has 1 aromatic carbocycles. The molecule has 0 N–H and O–H groups in total. The SMILES string of the molecule is O=C(CC[C@H]1CCCN(C(=O)c2cc[n+]([O-])cc2)C1)N1CCN(Cc2ccccc2)CC1. The second kappa shape index (κ2) is 10.6. The zero-order chi connectivity index (χ0) is 22.3. The summed E-state index contributed by atoms with van der Waals surface area (Å²) < 4.78 is 0.683. The lowest BCUT2D eigenvalue weighted by molar-refractivity contribution is -0.605. The number of pyridine rings is 1. The maximum atomic E-state index is 12.8. The van der Waals surface area contributed by atoms with Gasteiger partial charge in [0, 0.05) is 64.4 Å². The van der Waals surface area contributed by atoms with E-state index in [0.29, 0.717) is 29.2 Å². The fourth-order valence-electron chi connectivity index (χ4n) is 4.71. The van der Waals surface area contributed by atoms with Gasteiger partial charge < -0.3 is 15.0 Å². The first-order valence-electron chi connectivity index (χ1n) is 11.6. The predicted molar refractivity (Wildman–Crippen MR) is 122 cm³/mol. The first-order chi connectivity index (χ1) is 15.6. The molecule has 2 amide bonds. The summed E-state index contributed by atoms with van der Waals surface area (Å²) in [5.74, 6) is 0.552. The van der Waals surface area contributed by atoms with Crippen LogP contribution in [0.15, 0.2) is 54.9 Å². The zero-order valence-corrected chi connectivity index (χ0v) is 18.6. The van der Waals surface area contributed by atoms with Gasteiger partial charge in [0.25, 0.3) is 5.91 Å². The van der Waals surface area contributed by atoms with E-state index in [2.05, 4.69) is 29.2 Å². The predicted octanol–water partition coefficient (Wildman–Crippen LogP) is 2.30. The van der Waals surface area contributed by atoms with Gasteiger partial charge in [0.1, 0.15) is 0 Å². The highest BCUT2D eigenvalue weighted by Gasteiger charge is 2.27. The average molecular weight is 437 g/mol. The van der Waals surface area contributed by atoms with Gasteiger partial charge in [0.05, 0.1) is 5.56 Å². The molecule has 7 nitrogen and oxygen atoms in total. The van der Waals surface area contributed by atoms with E-state index in [0.717, 1.165) is 58.5 Å². The van der Waals surface area contributed by atoms with Crippen molar-refractivity contribution in [2.24, 2.45) is 5.92 Å². The van der Waals surface area contributed by atoms with Gasteiger partial charge in [0.2, 0.25) is 5.91 Å². The number of nitrogens with zero attached hydrogens (tertiary/aromatic N) is 4. The fraction of sp³-hybridized carbons (Fsp3) is 0.480. The van der Waals surface area contributed by atoms with Crippen molar-refractivity contribution in [3.8, 4) is 0 Å². The summed E-state index contributed by atoms with van der Waals surface area (Å²) in [5, 5.41) is 11.2. The lowest BCUT2D eigenvalue weighted by Gasteiger charge is -2.36. The molecular formula is C25H32N4O3. The molecule has 3 heterocycles. The normalized spacial score (nSPS) is 19.7. The molecule has 2 aliphatic heterocycles.